The van der Waals surface area contributed by atoms with E-state index in [1.54, 1.807) is 6.33 Å². The minimum absolute atomic E-state index is 0.000773. The van der Waals surface area contributed by atoms with Gasteiger partial charge in [0.1, 0.15) is 30.5 Å². The van der Waals surface area contributed by atoms with Crippen LogP contribution in [0.15, 0.2) is 219 Å². The lowest BCUT2D eigenvalue weighted by molar-refractivity contribution is -0.138. The average molecular weight is 916 g/mol. The zero-order valence-electron chi connectivity index (χ0n) is 38.8. The Morgan fingerprint density at radius 1 is 0.623 bits per heavy atom. The highest BCUT2D eigenvalue weighted by atomic mass is 16.5. The van der Waals surface area contributed by atoms with Crippen LogP contribution in [-0.2, 0) is 46.0 Å². The summed E-state index contributed by atoms with van der Waals surface area (Å²) in [7, 11) is 0. The Morgan fingerprint density at radius 2 is 1.13 bits per heavy atom. The molecule has 69 heavy (non-hydrogen) atoms. The molecule has 8 aromatic rings. The Morgan fingerprint density at radius 3 is 1.67 bits per heavy atom. The van der Waals surface area contributed by atoms with Gasteiger partial charge in [-0.15, -0.1) is 0 Å². The fraction of sp³-hybridized carbons (Fsp3) is 0.186. The molecule has 0 aliphatic heterocycles. The highest BCUT2D eigenvalue weighted by Gasteiger charge is 2.39. The van der Waals surface area contributed by atoms with Crippen molar-refractivity contribution >= 4 is 17.9 Å². The third-order valence-corrected chi connectivity index (χ3v) is 12.3. The highest BCUT2D eigenvalue weighted by molar-refractivity contribution is 5.89. The number of benzene rings is 7. The maximum absolute atomic E-state index is 15.2. The third kappa shape index (κ3) is 12.2. The van der Waals surface area contributed by atoms with Gasteiger partial charge in [-0.25, -0.2) is 9.78 Å². The molecule has 0 saturated carbocycles. The Kier molecular flexibility index (Phi) is 16.1. The van der Waals surface area contributed by atoms with Crippen LogP contribution in [-0.4, -0.2) is 51.5 Å². The molecule has 1 aromatic heterocycles. The molecule has 0 fully saturated rings. The molecule has 7 aromatic carbocycles. The second-order valence-electron chi connectivity index (χ2n) is 17.0. The van der Waals surface area contributed by atoms with E-state index in [-0.39, 0.29) is 37.9 Å². The van der Waals surface area contributed by atoms with E-state index < -0.39 is 23.6 Å². The lowest BCUT2D eigenvalue weighted by Gasteiger charge is -2.37. The first kappa shape index (κ1) is 47.3. The first-order valence-electron chi connectivity index (χ1n) is 23.4. The lowest BCUT2D eigenvalue weighted by Crippen LogP contribution is -2.52. The van der Waals surface area contributed by atoms with E-state index in [1.807, 2.05) is 164 Å². The van der Waals surface area contributed by atoms with Gasteiger partial charge in [0, 0.05) is 31.6 Å². The van der Waals surface area contributed by atoms with Crippen molar-refractivity contribution in [3.63, 3.8) is 0 Å². The molecule has 348 valence electrons. The molecule has 2 atom stereocenters. The quantitative estimate of drug-likeness (QED) is 0.0694. The van der Waals surface area contributed by atoms with E-state index in [0.29, 0.717) is 24.6 Å². The van der Waals surface area contributed by atoms with Crippen LogP contribution in [0.1, 0.15) is 63.9 Å². The number of carbonyl (C=O) groups excluding carboxylic acids is 3. The van der Waals surface area contributed by atoms with Gasteiger partial charge in [-0.2, -0.15) is 0 Å². The molecule has 1 unspecified atom stereocenters. The van der Waals surface area contributed by atoms with Crippen molar-refractivity contribution < 1.29 is 23.9 Å². The largest absolute Gasteiger partial charge is 0.489 e. The van der Waals surface area contributed by atoms with Crippen LogP contribution >= 0.6 is 0 Å². The second kappa shape index (κ2) is 23.5. The first-order valence-corrected chi connectivity index (χ1v) is 23.4. The number of hydrogen-bond acceptors (Lipinski definition) is 6. The molecule has 2 N–H and O–H groups in total. The van der Waals surface area contributed by atoms with Crippen LogP contribution < -0.4 is 15.4 Å². The van der Waals surface area contributed by atoms with E-state index >= 15 is 4.79 Å². The summed E-state index contributed by atoms with van der Waals surface area (Å²) in [6.07, 6.45) is 3.75. The Labute approximate surface area is 404 Å². The normalized spacial score (nSPS) is 12.0. The summed E-state index contributed by atoms with van der Waals surface area (Å²) in [6, 6.07) is 66.3. The van der Waals surface area contributed by atoms with Gasteiger partial charge in [-0.05, 0) is 57.5 Å². The number of aromatic nitrogens is 2. The summed E-state index contributed by atoms with van der Waals surface area (Å²) >= 11 is 0. The summed E-state index contributed by atoms with van der Waals surface area (Å²) < 4.78 is 13.8. The zero-order chi connectivity index (χ0) is 47.7. The maximum Gasteiger partial charge on any atom is 0.408 e. The molecular formula is C59H57N5O5. The fourth-order valence-corrected chi connectivity index (χ4v) is 8.73. The second-order valence-corrected chi connectivity index (χ2v) is 17.0. The van der Waals surface area contributed by atoms with Crippen molar-refractivity contribution in [3.05, 3.63) is 263 Å². The van der Waals surface area contributed by atoms with Crippen LogP contribution in [0.3, 0.4) is 0 Å². The number of carbonyl (C=O) groups is 3. The van der Waals surface area contributed by atoms with Gasteiger partial charge in [-0.1, -0.05) is 201 Å². The van der Waals surface area contributed by atoms with Gasteiger partial charge in [0.05, 0.1) is 18.6 Å². The van der Waals surface area contributed by atoms with E-state index in [2.05, 4.69) is 70.7 Å². The van der Waals surface area contributed by atoms with Crippen LogP contribution in [0.2, 0.25) is 0 Å². The number of nitrogens with one attached hydrogen (secondary N) is 2. The van der Waals surface area contributed by atoms with E-state index in [9.17, 15) is 9.59 Å². The number of nitrogens with zero attached hydrogens (tertiary/aromatic N) is 3. The molecule has 3 amide bonds. The summed E-state index contributed by atoms with van der Waals surface area (Å²) in [5.74, 6) is -0.0510. The smallest absolute Gasteiger partial charge is 0.408 e. The minimum Gasteiger partial charge on any atom is -0.489 e. The summed E-state index contributed by atoms with van der Waals surface area (Å²) in [6.45, 7) is 2.70. The number of imidazole rings is 1. The zero-order valence-corrected chi connectivity index (χ0v) is 38.8. The number of hydrogen-bond donors (Lipinski definition) is 2. The van der Waals surface area contributed by atoms with Crippen molar-refractivity contribution in [3.8, 4) is 5.75 Å². The molecule has 10 heteroatoms. The molecule has 0 aliphatic carbocycles. The van der Waals surface area contributed by atoms with Gasteiger partial charge >= 0.3 is 6.09 Å². The van der Waals surface area contributed by atoms with Gasteiger partial charge in [0.25, 0.3) is 0 Å². The van der Waals surface area contributed by atoms with Gasteiger partial charge in [0.15, 0.2) is 0 Å². The van der Waals surface area contributed by atoms with Crippen LogP contribution in [0.4, 0.5) is 4.79 Å². The van der Waals surface area contributed by atoms with Crippen molar-refractivity contribution in [1.82, 2.24) is 25.1 Å². The maximum atomic E-state index is 15.2. The molecule has 0 saturated heterocycles. The van der Waals surface area contributed by atoms with Gasteiger partial charge in [0.2, 0.25) is 11.8 Å². The summed E-state index contributed by atoms with van der Waals surface area (Å²) in [4.78, 5) is 49.4. The minimum atomic E-state index is -1.18. The molecule has 8 rings (SSSR count). The predicted molar refractivity (Wildman–Crippen MR) is 269 cm³/mol. The first-order chi connectivity index (χ1) is 33.9. The molecule has 10 nitrogen and oxygen atoms in total. The molecule has 1 heterocycles. The standard InChI is InChI=1S/C59H57N5O5/c1-2-48(49-25-13-5-14-26-49)38-60-56(65)41-63(39-45-33-35-54(36-34-45)68-42-46-21-9-3-10-22-46)57(66)55(62-58(67)69-43-47-23-11-4-12-24-47)37-53-40-64(44-61-53)59(50-27-15-6-16-28-50,51-29-17-7-18-30-51)52-31-19-8-20-32-52/h3-36,40,44,48,55H,2,37-39,41-43H2,1H3,(H,60,65)(H,62,67)/t48?,55-/m0/s1. The van der Waals surface area contributed by atoms with E-state index in [1.165, 1.54) is 4.90 Å². The number of alkyl carbamates (subject to hydrolysis) is 1. The summed E-state index contributed by atoms with van der Waals surface area (Å²) in [5, 5.41) is 5.99. The Hall–Kier alpha value is -8.24. The number of ether oxygens (including phenoxy) is 2. The highest BCUT2D eigenvalue weighted by Crippen LogP contribution is 2.41. The van der Waals surface area contributed by atoms with E-state index in [0.717, 1.165) is 45.4 Å². The average Bonchev–Trinajstić information content (AvgIpc) is 3.88. The molecule has 0 spiro atoms. The van der Waals surface area contributed by atoms with Crippen molar-refractivity contribution in [1.29, 1.82) is 0 Å². The molecule has 0 radical (unpaired) electrons. The van der Waals surface area contributed by atoms with Crippen LogP contribution in [0.25, 0.3) is 0 Å². The Balaban J connectivity index is 1.11. The fourth-order valence-electron chi connectivity index (χ4n) is 8.73. The van der Waals surface area contributed by atoms with Crippen molar-refractivity contribution in [2.75, 3.05) is 13.1 Å². The van der Waals surface area contributed by atoms with Crippen LogP contribution in [0.5, 0.6) is 5.75 Å². The summed E-state index contributed by atoms with van der Waals surface area (Å²) in [5.41, 5.74) is 6.44. The van der Waals surface area contributed by atoms with Crippen molar-refractivity contribution in [2.45, 2.75) is 57.0 Å². The van der Waals surface area contributed by atoms with Crippen LogP contribution in [0, 0.1) is 0 Å². The SMILES string of the molecule is CCC(CNC(=O)CN(Cc1ccc(OCc2ccccc2)cc1)C(=O)[C@H](Cc1cn(C(c2ccccc2)(c2ccccc2)c2ccccc2)cn1)NC(=O)OCc1ccccc1)c1ccccc1. The molecule has 0 aliphatic rings. The van der Waals surface area contributed by atoms with Crippen molar-refractivity contribution in [2.24, 2.45) is 0 Å². The van der Waals surface area contributed by atoms with Gasteiger partial charge < -0.3 is 29.6 Å². The Bertz CT molecular complexity index is 2730. The monoisotopic (exact) mass is 915 g/mol. The third-order valence-electron chi connectivity index (χ3n) is 12.3. The number of amides is 3. The van der Waals surface area contributed by atoms with E-state index in [4.69, 9.17) is 14.5 Å². The topological polar surface area (TPSA) is 115 Å². The number of rotatable bonds is 21. The van der Waals surface area contributed by atoms with Gasteiger partial charge in [-0.3, -0.25) is 9.59 Å². The predicted octanol–water partition coefficient (Wildman–Crippen LogP) is 10.5. The lowest BCUT2D eigenvalue weighted by atomic mass is 9.77. The molecular weight excluding hydrogens is 859 g/mol. The molecule has 0 bridgehead atoms.